The van der Waals surface area contributed by atoms with Gasteiger partial charge < -0.3 is 14.3 Å². The Labute approximate surface area is 114 Å². The summed E-state index contributed by atoms with van der Waals surface area (Å²) in [6, 6.07) is 7.14. The van der Waals surface area contributed by atoms with Gasteiger partial charge in [0, 0.05) is 5.56 Å². The van der Waals surface area contributed by atoms with Crippen LogP contribution in [0.25, 0.3) is 11.5 Å². The third kappa shape index (κ3) is 3.72. The van der Waals surface area contributed by atoms with Crippen LogP contribution in [0.3, 0.4) is 0 Å². The summed E-state index contributed by atoms with van der Waals surface area (Å²) in [5.74, 6) is 0.589. The van der Waals surface area contributed by atoms with E-state index in [0.29, 0.717) is 29.8 Å². The second-order valence-corrected chi connectivity index (χ2v) is 4.15. The van der Waals surface area contributed by atoms with Crippen LogP contribution in [-0.2, 0) is 11.2 Å². The quantitative estimate of drug-likeness (QED) is 0.824. The van der Waals surface area contributed by atoms with Gasteiger partial charge in [0.05, 0.1) is 18.0 Å². The van der Waals surface area contributed by atoms with Crippen molar-refractivity contribution in [3.8, 4) is 17.2 Å². The van der Waals surface area contributed by atoms with E-state index in [1.54, 1.807) is 24.3 Å². The number of ether oxygens (including phenoxy) is 1. The van der Waals surface area contributed by atoms with Crippen LogP contribution in [0.1, 0.15) is 5.69 Å². The van der Waals surface area contributed by atoms with Gasteiger partial charge in [-0.05, 0) is 24.3 Å². The molecule has 0 unspecified atom stereocenters. The van der Waals surface area contributed by atoms with E-state index in [0.717, 1.165) is 5.56 Å². The largest absolute Gasteiger partial charge is 0.492 e. The number of nitrogens with zero attached hydrogens (tertiary/aromatic N) is 1. The number of carboxylic acid groups (broad SMARTS) is 1. The number of hydrogen-bond acceptors (Lipinski definition) is 4. The number of benzene rings is 1. The van der Waals surface area contributed by atoms with Crippen LogP contribution in [0.2, 0.25) is 0 Å². The molecule has 19 heavy (non-hydrogen) atoms. The minimum absolute atomic E-state index is 0.152. The SMILES string of the molecule is O=C(O)Cc1coc(-c2ccc(OCCCl)cc2)n1. The van der Waals surface area contributed by atoms with Crippen LogP contribution in [-0.4, -0.2) is 28.5 Å². The van der Waals surface area contributed by atoms with Crippen molar-refractivity contribution >= 4 is 17.6 Å². The first-order valence-electron chi connectivity index (χ1n) is 5.64. The zero-order valence-electron chi connectivity index (χ0n) is 10.0. The molecule has 2 aromatic rings. The van der Waals surface area contributed by atoms with Crippen molar-refractivity contribution in [3.63, 3.8) is 0 Å². The van der Waals surface area contributed by atoms with E-state index in [2.05, 4.69) is 4.98 Å². The number of aliphatic carboxylic acids is 1. The molecule has 1 heterocycles. The summed E-state index contributed by atoms with van der Waals surface area (Å²) < 4.78 is 10.6. The maximum atomic E-state index is 10.6. The Morgan fingerprint density at radius 2 is 2.11 bits per heavy atom. The zero-order valence-corrected chi connectivity index (χ0v) is 10.8. The average Bonchev–Trinajstić information content (AvgIpc) is 2.84. The molecule has 1 aromatic heterocycles. The number of alkyl halides is 1. The average molecular weight is 282 g/mol. The number of hydrogen-bond donors (Lipinski definition) is 1. The van der Waals surface area contributed by atoms with Crippen LogP contribution < -0.4 is 4.74 Å². The first-order chi connectivity index (χ1) is 9.19. The molecule has 0 saturated carbocycles. The first kappa shape index (κ1) is 13.4. The molecule has 0 atom stereocenters. The minimum Gasteiger partial charge on any atom is -0.492 e. The lowest BCUT2D eigenvalue weighted by molar-refractivity contribution is -0.136. The molecule has 0 fully saturated rings. The fourth-order valence-electron chi connectivity index (χ4n) is 1.53. The van der Waals surface area contributed by atoms with Crippen molar-refractivity contribution in [1.29, 1.82) is 0 Å². The molecular formula is C13H12ClNO4. The number of carbonyl (C=O) groups is 1. The molecule has 0 spiro atoms. The van der Waals surface area contributed by atoms with E-state index in [9.17, 15) is 4.79 Å². The topological polar surface area (TPSA) is 72.6 Å². The van der Waals surface area contributed by atoms with Crippen LogP contribution in [0, 0.1) is 0 Å². The highest BCUT2D eigenvalue weighted by Crippen LogP contribution is 2.22. The second-order valence-electron chi connectivity index (χ2n) is 3.78. The van der Waals surface area contributed by atoms with Crippen molar-refractivity contribution in [2.75, 3.05) is 12.5 Å². The molecule has 0 amide bonds. The molecule has 1 aromatic carbocycles. The number of halogens is 1. The van der Waals surface area contributed by atoms with Gasteiger partial charge in [-0.25, -0.2) is 4.98 Å². The Kier molecular flexibility index (Phi) is 4.41. The first-order valence-corrected chi connectivity index (χ1v) is 6.18. The maximum absolute atomic E-state index is 10.6. The summed E-state index contributed by atoms with van der Waals surface area (Å²) in [7, 11) is 0. The summed E-state index contributed by atoms with van der Waals surface area (Å²) in [4.78, 5) is 14.7. The number of rotatable bonds is 6. The highest BCUT2D eigenvalue weighted by Gasteiger charge is 2.09. The van der Waals surface area contributed by atoms with Gasteiger partial charge in [-0.3, -0.25) is 4.79 Å². The summed E-state index contributed by atoms with van der Waals surface area (Å²) >= 11 is 5.52. The van der Waals surface area contributed by atoms with Crippen molar-refractivity contribution in [2.24, 2.45) is 0 Å². The van der Waals surface area contributed by atoms with Crippen LogP contribution in [0.5, 0.6) is 5.75 Å². The standard InChI is InChI=1S/C13H12ClNO4/c14-5-6-18-11-3-1-9(2-4-11)13-15-10(8-19-13)7-12(16)17/h1-4,8H,5-7H2,(H,16,17). The molecule has 0 aliphatic heterocycles. The van der Waals surface area contributed by atoms with Crippen molar-refractivity contribution in [2.45, 2.75) is 6.42 Å². The van der Waals surface area contributed by atoms with Gasteiger partial charge >= 0.3 is 5.97 Å². The summed E-state index contributed by atoms with van der Waals surface area (Å²) in [6.07, 6.45) is 1.20. The second kappa shape index (κ2) is 6.24. The minimum atomic E-state index is -0.940. The van der Waals surface area contributed by atoms with Crippen LogP contribution in [0.15, 0.2) is 34.9 Å². The van der Waals surface area contributed by atoms with Crippen LogP contribution >= 0.6 is 11.6 Å². The Morgan fingerprint density at radius 1 is 1.37 bits per heavy atom. The Balaban J connectivity index is 2.09. The highest BCUT2D eigenvalue weighted by molar-refractivity contribution is 6.18. The van der Waals surface area contributed by atoms with Gasteiger partial charge in [0.1, 0.15) is 18.6 Å². The summed E-state index contributed by atoms with van der Waals surface area (Å²) in [6.45, 7) is 0.447. The number of oxazole rings is 1. The van der Waals surface area contributed by atoms with Crippen molar-refractivity contribution in [3.05, 3.63) is 36.2 Å². The summed E-state index contributed by atoms with van der Waals surface area (Å²) in [5.41, 5.74) is 1.15. The molecule has 0 bridgehead atoms. The third-order valence-corrected chi connectivity index (χ3v) is 2.49. The lowest BCUT2D eigenvalue weighted by Crippen LogP contribution is -1.99. The molecular weight excluding hydrogens is 270 g/mol. The smallest absolute Gasteiger partial charge is 0.309 e. The van der Waals surface area contributed by atoms with Gasteiger partial charge in [0.15, 0.2) is 0 Å². The van der Waals surface area contributed by atoms with Crippen molar-refractivity contribution < 1.29 is 19.1 Å². The summed E-state index contributed by atoms with van der Waals surface area (Å²) in [5, 5.41) is 8.66. The zero-order chi connectivity index (χ0) is 13.7. The Hall–Kier alpha value is -2.01. The van der Waals surface area contributed by atoms with E-state index in [1.807, 2.05) is 0 Å². The lowest BCUT2D eigenvalue weighted by atomic mass is 10.2. The molecule has 100 valence electrons. The van der Waals surface area contributed by atoms with E-state index in [1.165, 1.54) is 6.26 Å². The monoisotopic (exact) mass is 281 g/mol. The fraction of sp³-hybridized carbons (Fsp3) is 0.231. The van der Waals surface area contributed by atoms with E-state index >= 15 is 0 Å². The normalized spacial score (nSPS) is 10.4. The van der Waals surface area contributed by atoms with E-state index in [4.69, 9.17) is 25.9 Å². The molecule has 0 aliphatic carbocycles. The van der Waals surface area contributed by atoms with E-state index < -0.39 is 5.97 Å². The van der Waals surface area contributed by atoms with Gasteiger partial charge in [-0.2, -0.15) is 0 Å². The van der Waals surface area contributed by atoms with Crippen molar-refractivity contribution in [1.82, 2.24) is 4.98 Å². The molecule has 0 aliphatic rings. The molecule has 6 heteroatoms. The molecule has 0 saturated heterocycles. The molecule has 5 nitrogen and oxygen atoms in total. The van der Waals surface area contributed by atoms with E-state index in [-0.39, 0.29) is 6.42 Å². The predicted octanol–water partition coefficient (Wildman–Crippen LogP) is 2.59. The molecule has 2 rings (SSSR count). The fourth-order valence-corrected chi connectivity index (χ4v) is 1.60. The van der Waals surface area contributed by atoms with Crippen LogP contribution in [0.4, 0.5) is 0 Å². The maximum Gasteiger partial charge on any atom is 0.309 e. The third-order valence-electron chi connectivity index (χ3n) is 2.33. The van der Waals surface area contributed by atoms with Gasteiger partial charge in [0.2, 0.25) is 5.89 Å². The Bertz CT molecular complexity index is 550. The molecule has 1 N–H and O–H groups in total. The predicted molar refractivity (Wildman–Crippen MR) is 69.5 cm³/mol. The number of aromatic nitrogens is 1. The highest BCUT2D eigenvalue weighted by atomic mass is 35.5. The lowest BCUT2D eigenvalue weighted by Gasteiger charge is -2.03. The van der Waals surface area contributed by atoms with Gasteiger partial charge in [-0.15, -0.1) is 11.6 Å². The molecule has 0 radical (unpaired) electrons. The number of carboxylic acids is 1. The van der Waals surface area contributed by atoms with Gasteiger partial charge in [0.25, 0.3) is 0 Å². The van der Waals surface area contributed by atoms with Gasteiger partial charge in [-0.1, -0.05) is 0 Å². The Morgan fingerprint density at radius 3 is 2.74 bits per heavy atom.